The number of hydrogen-bond donors (Lipinski definition) is 0. The predicted octanol–water partition coefficient (Wildman–Crippen LogP) is 2.62. The van der Waals surface area contributed by atoms with E-state index in [0.29, 0.717) is 11.4 Å². The van der Waals surface area contributed by atoms with Crippen LogP contribution in [0.1, 0.15) is 5.56 Å². The summed E-state index contributed by atoms with van der Waals surface area (Å²) in [6, 6.07) is 13.7. The van der Waals surface area contributed by atoms with Gasteiger partial charge in [-0.05, 0) is 42.8 Å². The molecule has 2 aliphatic rings. The van der Waals surface area contributed by atoms with Gasteiger partial charge in [-0.25, -0.2) is 13.2 Å². The second-order valence-corrected chi connectivity index (χ2v) is 8.87. The van der Waals surface area contributed by atoms with Crippen LogP contribution in [0.15, 0.2) is 48.5 Å². The topological polar surface area (TPSA) is 66.9 Å². The first-order valence-corrected chi connectivity index (χ1v) is 10.3. The molecule has 2 atom stereocenters. The molecule has 2 aromatic carbocycles. The molecule has 2 heterocycles. The Morgan fingerprint density at radius 3 is 2.19 bits per heavy atom. The van der Waals surface area contributed by atoms with Crippen molar-refractivity contribution in [2.75, 3.05) is 28.4 Å². The highest BCUT2D eigenvalue weighted by Gasteiger charge is 2.54. The van der Waals surface area contributed by atoms with Crippen LogP contribution in [-0.2, 0) is 9.84 Å². The van der Waals surface area contributed by atoms with E-state index in [2.05, 4.69) is 0 Å². The summed E-state index contributed by atoms with van der Waals surface area (Å²) >= 11 is 0. The highest BCUT2D eigenvalue weighted by molar-refractivity contribution is 7.91. The maximum absolute atomic E-state index is 13.3. The first-order chi connectivity index (χ1) is 12.4. The zero-order valence-electron chi connectivity index (χ0n) is 14.6. The number of amides is 2. The maximum Gasteiger partial charge on any atom is 0.329 e. The van der Waals surface area contributed by atoms with Crippen molar-refractivity contribution in [2.24, 2.45) is 0 Å². The highest BCUT2D eigenvalue weighted by atomic mass is 32.2. The van der Waals surface area contributed by atoms with Crippen molar-refractivity contribution in [3.63, 3.8) is 0 Å². The van der Waals surface area contributed by atoms with Gasteiger partial charge in [-0.1, -0.05) is 18.2 Å². The molecule has 4 rings (SSSR count). The SMILES string of the molecule is COc1ccc(N2C(=O)N(c3ccccc3C)C3CS(=O)(=O)CC32)cc1. The van der Waals surface area contributed by atoms with Gasteiger partial charge in [0.15, 0.2) is 9.84 Å². The molecule has 0 aromatic heterocycles. The average molecular weight is 372 g/mol. The lowest BCUT2D eigenvalue weighted by Gasteiger charge is -2.24. The van der Waals surface area contributed by atoms with E-state index in [-0.39, 0.29) is 29.6 Å². The van der Waals surface area contributed by atoms with E-state index in [1.165, 1.54) is 0 Å². The molecular formula is C19H20N2O4S. The summed E-state index contributed by atoms with van der Waals surface area (Å²) in [5, 5.41) is 0. The molecule has 0 radical (unpaired) electrons. The Balaban J connectivity index is 1.80. The van der Waals surface area contributed by atoms with Crippen LogP contribution in [0.5, 0.6) is 5.75 Å². The number of rotatable bonds is 3. The van der Waals surface area contributed by atoms with Gasteiger partial charge in [-0.15, -0.1) is 0 Å². The van der Waals surface area contributed by atoms with E-state index in [4.69, 9.17) is 4.74 Å². The largest absolute Gasteiger partial charge is 0.497 e. The number of carbonyl (C=O) groups excluding carboxylic acids is 1. The lowest BCUT2D eigenvalue weighted by molar-refractivity contribution is 0.255. The standard InChI is InChI=1S/C19H20N2O4S/c1-13-5-3-4-6-16(13)21-18-12-26(23,24)11-17(18)20(19(21)22)14-7-9-15(25-2)10-8-14/h3-10,17-18H,11-12H2,1-2H3. The third-order valence-corrected chi connectivity index (χ3v) is 6.79. The van der Waals surface area contributed by atoms with Crippen LogP contribution in [0.4, 0.5) is 16.2 Å². The number of aryl methyl sites for hydroxylation is 1. The van der Waals surface area contributed by atoms with Gasteiger partial charge in [-0.3, -0.25) is 9.80 Å². The Kier molecular flexibility index (Phi) is 3.91. The quantitative estimate of drug-likeness (QED) is 0.777. The fourth-order valence-corrected chi connectivity index (χ4v) is 5.78. The number of hydrogen-bond acceptors (Lipinski definition) is 4. The monoisotopic (exact) mass is 372 g/mol. The summed E-state index contributed by atoms with van der Waals surface area (Å²) in [6.45, 7) is 1.93. The number of anilines is 2. The van der Waals surface area contributed by atoms with E-state index in [1.54, 1.807) is 41.2 Å². The van der Waals surface area contributed by atoms with E-state index in [1.807, 2.05) is 31.2 Å². The van der Waals surface area contributed by atoms with Gasteiger partial charge in [0.05, 0.1) is 30.7 Å². The van der Waals surface area contributed by atoms with E-state index in [0.717, 1.165) is 11.3 Å². The van der Waals surface area contributed by atoms with Crippen molar-refractivity contribution in [2.45, 2.75) is 19.0 Å². The summed E-state index contributed by atoms with van der Waals surface area (Å²) in [6.07, 6.45) is 0. The number of benzene rings is 2. The Hall–Kier alpha value is -2.54. The van der Waals surface area contributed by atoms with Crippen LogP contribution in [0, 0.1) is 6.92 Å². The average Bonchev–Trinajstić information content (AvgIpc) is 3.05. The van der Waals surface area contributed by atoms with E-state index in [9.17, 15) is 13.2 Å². The molecule has 2 amide bonds. The molecule has 0 spiro atoms. The molecule has 26 heavy (non-hydrogen) atoms. The molecule has 136 valence electrons. The van der Waals surface area contributed by atoms with Gasteiger partial charge in [0, 0.05) is 11.4 Å². The van der Waals surface area contributed by atoms with Crippen molar-refractivity contribution < 1.29 is 17.9 Å². The summed E-state index contributed by atoms with van der Waals surface area (Å²) in [4.78, 5) is 16.5. The summed E-state index contributed by atoms with van der Waals surface area (Å²) in [7, 11) is -1.62. The zero-order chi connectivity index (χ0) is 18.5. The Morgan fingerprint density at radius 1 is 0.962 bits per heavy atom. The second-order valence-electron chi connectivity index (χ2n) is 6.72. The number of urea groups is 1. The fourth-order valence-electron chi connectivity index (χ4n) is 3.86. The minimum Gasteiger partial charge on any atom is -0.497 e. The van der Waals surface area contributed by atoms with Crippen molar-refractivity contribution in [1.82, 2.24) is 0 Å². The smallest absolute Gasteiger partial charge is 0.329 e. The fraction of sp³-hybridized carbons (Fsp3) is 0.316. The van der Waals surface area contributed by atoms with Gasteiger partial charge >= 0.3 is 6.03 Å². The van der Waals surface area contributed by atoms with E-state index >= 15 is 0 Å². The molecule has 0 aliphatic carbocycles. The number of fused-ring (bicyclic) bond motifs is 1. The summed E-state index contributed by atoms with van der Waals surface area (Å²) in [5.41, 5.74) is 2.39. The van der Waals surface area contributed by atoms with Crippen molar-refractivity contribution in [3.8, 4) is 5.75 Å². The van der Waals surface area contributed by atoms with Gasteiger partial charge in [-0.2, -0.15) is 0 Å². The highest BCUT2D eigenvalue weighted by Crippen LogP contribution is 2.39. The van der Waals surface area contributed by atoms with Gasteiger partial charge in [0.1, 0.15) is 5.75 Å². The van der Waals surface area contributed by atoms with Crippen molar-refractivity contribution in [3.05, 3.63) is 54.1 Å². The van der Waals surface area contributed by atoms with Crippen LogP contribution in [-0.4, -0.2) is 45.1 Å². The van der Waals surface area contributed by atoms with Gasteiger partial charge in [0.25, 0.3) is 0 Å². The van der Waals surface area contributed by atoms with Crippen LogP contribution in [0.2, 0.25) is 0 Å². The minimum atomic E-state index is -3.20. The molecule has 0 saturated carbocycles. The third-order valence-electron chi connectivity index (χ3n) is 5.09. The molecule has 7 heteroatoms. The second kappa shape index (κ2) is 6.02. The lowest BCUT2D eigenvalue weighted by atomic mass is 10.1. The van der Waals surface area contributed by atoms with E-state index < -0.39 is 9.84 Å². The van der Waals surface area contributed by atoms with Gasteiger partial charge in [0.2, 0.25) is 0 Å². The summed E-state index contributed by atoms with van der Waals surface area (Å²) in [5.74, 6) is 0.661. The number of sulfone groups is 1. The number of para-hydroxylation sites is 1. The Morgan fingerprint density at radius 2 is 1.58 bits per heavy atom. The van der Waals surface area contributed by atoms with Crippen molar-refractivity contribution in [1.29, 1.82) is 0 Å². The molecule has 2 unspecified atom stereocenters. The maximum atomic E-state index is 13.3. The molecule has 2 fully saturated rings. The van der Waals surface area contributed by atoms with Crippen LogP contribution < -0.4 is 14.5 Å². The van der Waals surface area contributed by atoms with Crippen LogP contribution >= 0.6 is 0 Å². The normalized spacial score (nSPS) is 24.0. The molecular weight excluding hydrogens is 352 g/mol. The summed E-state index contributed by atoms with van der Waals surface area (Å²) < 4.78 is 29.8. The number of ether oxygens (including phenoxy) is 1. The van der Waals surface area contributed by atoms with Crippen LogP contribution in [0.3, 0.4) is 0 Å². The zero-order valence-corrected chi connectivity index (χ0v) is 15.4. The first-order valence-electron chi connectivity index (χ1n) is 8.44. The van der Waals surface area contributed by atoms with Crippen molar-refractivity contribution >= 4 is 27.2 Å². The number of carbonyl (C=O) groups is 1. The lowest BCUT2D eigenvalue weighted by Crippen LogP contribution is -2.38. The predicted molar refractivity (Wildman–Crippen MR) is 101 cm³/mol. The Bertz CT molecular complexity index is 956. The molecule has 0 N–H and O–H groups in total. The molecule has 2 aromatic rings. The molecule has 2 aliphatic heterocycles. The van der Waals surface area contributed by atoms with Crippen LogP contribution in [0.25, 0.3) is 0 Å². The molecule has 6 nitrogen and oxygen atoms in total. The van der Waals surface area contributed by atoms with Gasteiger partial charge < -0.3 is 4.74 Å². The molecule has 0 bridgehead atoms. The number of methoxy groups -OCH3 is 1. The molecule has 2 saturated heterocycles. The first kappa shape index (κ1) is 16.9. The third kappa shape index (κ3) is 2.63. The minimum absolute atomic E-state index is 0.00953. The number of nitrogens with zero attached hydrogens (tertiary/aromatic N) is 2. The Labute approximate surface area is 152 Å².